The van der Waals surface area contributed by atoms with E-state index in [0.717, 1.165) is 0 Å². The van der Waals surface area contributed by atoms with Gasteiger partial charge in [-0.2, -0.15) is 5.10 Å². The van der Waals surface area contributed by atoms with Gasteiger partial charge in [-0.25, -0.2) is 9.67 Å². The average Bonchev–Trinajstić information content (AvgIpc) is 2.92. The third-order valence-electron chi connectivity index (χ3n) is 2.69. The van der Waals surface area contributed by atoms with E-state index in [0.29, 0.717) is 17.8 Å². The minimum atomic E-state index is -0.223. The summed E-state index contributed by atoms with van der Waals surface area (Å²) in [6, 6.07) is 5.08. The van der Waals surface area contributed by atoms with E-state index >= 15 is 0 Å². The summed E-state index contributed by atoms with van der Waals surface area (Å²) in [5, 5.41) is 15.7. The highest BCUT2D eigenvalue weighted by Crippen LogP contribution is 2.10. The molecule has 100 valence electrons. The molecule has 0 aliphatic rings. The van der Waals surface area contributed by atoms with E-state index in [2.05, 4.69) is 15.4 Å². The second-order valence-corrected chi connectivity index (χ2v) is 4.21. The molecule has 0 spiro atoms. The largest absolute Gasteiger partial charge is 0.396 e. The number of amides is 1. The molecular formula is C13H16N4O2. The molecule has 1 atom stereocenters. The highest BCUT2D eigenvalue weighted by Gasteiger charge is 2.15. The van der Waals surface area contributed by atoms with Crippen LogP contribution in [0.1, 0.15) is 23.7 Å². The molecule has 2 heterocycles. The van der Waals surface area contributed by atoms with Crippen molar-refractivity contribution in [3.05, 3.63) is 42.4 Å². The van der Waals surface area contributed by atoms with Crippen LogP contribution in [0.4, 0.5) is 0 Å². The van der Waals surface area contributed by atoms with Crippen LogP contribution < -0.4 is 5.32 Å². The van der Waals surface area contributed by atoms with Crippen molar-refractivity contribution in [3.63, 3.8) is 0 Å². The van der Waals surface area contributed by atoms with Crippen LogP contribution in [0.15, 0.2) is 36.8 Å². The minimum absolute atomic E-state index is 0.0422. The topological polar surface area (TPSA) is 80.0 Å². The van der Waals surface area contributed by atoms with Gasteiger partial charge in [0.05, 0.1) is 5.56 Å². The van der Waals surface area contributed by atoms with Gasteiger partial charge in [0.1, 0.15) is 0 Å². The molecule has 1 unspecified atom stereocenters. The Labute approximate surface area is 111 Å². The van der Waals surface area contributed by atoms with Crippen LogP contribution in [0.3, 0.4) is 0 Å². The van der Waals surface area contributed by atoms with Gasteiger partial charge < -0.3 is 10.4 Å². The van der Waals surface area contributed by atoms with Crippen molar-refractivity contribution in [2.75, 3.05) is 6.61 Å². The van der Waals surface area contributed by atoms with Gasteiger partial charge in [0.25, 0.3) is 5.91 Å². The maximum absolute atomic E-state index is 12.2. The molecule has 0 fully saturated rings. The lowest BCUT2D eigenvalue weighted by Crippen LogP contribution is -2.34. The van der Waals surface area contributed by atoms with E-state index in [1.54, 1.807) is 41.5 Å². The summed E-state index contributed by atoms with van der Waals surface area (Å²) in [4.78, 5) is 16.4. The smallest absolute Gasteiger partial charge is 0.255 e. The molecule has 0 aliphatic carbocycles. The first-order valence-electron chi connectivity index (χ1n) is 6.09. The SMILES string of the molecule is CC(CCO)NC(=O)c1cccnc1-n1cccn1. The van der Waals surface area contributed by atoms with Gasteiger partial charge in [-0.3, -0.25) is 4.79 Å². The number of rotatable bonds is 5. The molecule has 6 heteroatoms. The van der Waals surface area contributed by atoms with Gasteiger partial charge in [-0.05, 0) is 31.5 Å². The number of aliphatic hydroxyl groups excluding tert-OH is 1. The third-order valence-corrected chi connectivity index (χ3v) is 2.69. The summed E-state index contributed by atoms with van der Waals surface area (Å²) in [6.07, 6.45) is 5.50. The number of carbonyl (C=O) groups excluding carboxylic acids is 1. The summed E-state index contributed by atoms with van der Waals surface area (Å²) in [5.74, 6) is 0.265. The number of nitrogens with one attached hydrogen (secondary N) is 1. The van der Waals surface area contributed by atoms with E-state index in [1.807, 2.05) is 6.92 Å². The lowest BCUT2D eigenvalue weighted by atomic mass is 10.2. The molecule has 2 N–H and O–H groups in total. The molecule has 19 heavy (non-hydrogen) atoms. The Morgan fingerprint density at radius 2 is 2.32 bits per heavy atom. The van der Waals surface area contributed by atoms with Crippen LogP contribution in [0, 0.1) is 0 Å². The summed E-state index contributed by atoms with van der Waals surface area (Å²) < 4.78 is 1.55. The van der Waals surface area contributed by atoms with E-state index in [-0.39, 0.29) is 18.6 Å². The van der Waals surface area contributed by atoms with Crippen molar-refractivity contribution in [3.8, 4) is 5.82 Å². The number of aromatic nitrogens is 3. The first-order valence-corrected chi connectivity index (χ1v) is 6.09. The van der Waals surface area contributed by atoms with Crippen molar-refractivity contribution in [1.29, 1.82) is 0 Å². The molecule has 0 aromatic carbocycles. The number of hydrogen-bond acceptors (Lipinski definition) is 4. The fraction of sp³-hybridized carbons (Fsp3) is 0.308. The van der Waals surface area contributed by atoms with Crippen LogP contribution in [-0.2, 0) is 0 Å². The number of aliphatic hydroxyl groups is 1. The van der Waals surface area contributed by atoms with Crippen LogP contribution in [0.2, 0.25) is 0 Å². The maximum atomic E-state index is 12.2. The molecule has 2 rings (SSSR count). The molecule has 2 aromatic rings. The van der Waals surface area contributed by atoms with Crippen LogP contribution >= 0.6 is 0 Å². The molecule has 0 aliphatic heterocycles. The second kappa shape index (κ2) is 6.10. The first-order chi connectivity index (χ1) is 9.22. The Morgan fingerprint density at radius 1 is 1.47 bits per heavy atom. The Hall–Kier alpha value is -2.21. The Balaban J connectivity index is 2.23. The number of carbonyl (C=O) groups is 1. The van der Waals surface area contributed by atoms with Gasteiger partial charge >= 0.3 is 0 Å². The number of nitrogens with zero attached hydrogens (tertiary/aromatic N) is 3. The third kappa shape index (κ3) is 3.17. The van der Waals surface area contributed by atoms with Crippen LogP contribution in [-0.4, -0.2) is 38.4 Å². The summed E-state index contributed by atoms with van der Waals surface area (Å²) in [6.45, 7) is 1.89. The van der Waals surface area contributed by atoms with E-state index < -0.39 is 0 Å². The second-order valence-electron chi connectivity index (χ2n) is 4.21. The highest BCUT2D eigenvalue weighted by atomic mass is 16.3. The van der Waals surface area contributed by atoms with Crippen molar-refractivity contribution in [2.24, 2.45) is 0 Å². The quantitative estimate of drug-likeness (QED) is 0.832. The lowest BCUT2D eigenvalue weighted by molar-refractivity contribution is 0.0934. The van der Waals surface area contributed by atoms with Gasteiger partial charge in [0, 0.05) is 31.2 Å². The zero-order valence-corrected chi connectivity index (χ0v) is 10.7. The molecule has 1 amide bonds. The summed E-state index contributed by atoms with van der Waals surface area (Å²) >= 11 is 0. The van der Waals surface area contributed by atoms with E-state index in [1.165, 1.54) is 0 Å². The van der Waals surface area contributed by atoms with Crippen LogP contribution in [0.25, 0.3) is 5.82 Å². The van der Waals surface area contributed by atoms with E-state index in [9.17, 15) is 4.79 Å². The number of hydrogen-bond donors (Lipinski definition) is 2. The van der Waals surface area contributed by atoms with Gasteiger partial charge in [-0.15, -0.1) is 0 Å². The summed E-state index contributed by atoms with van der Waals surface area (Å²) in [5.41, 5.74) is 0.455. The maximum Gasteiger partial charge on any atom is 0.255 e. The molecule has 2 aromatic heterocycles. The van der Waals surface area contributed by atoms with Crippen molar-refractivity contribution >= 4 is 5.91 Å². The Bertz CT molecular complexity index is 539. The molecule has 0 bridgehead atoms. The van der Waals surface area contributed by atoms with E-state index in [4.69, 9.17) is 5.11 Å². The fourth-order valence-corrected chi connectivity index (χ4v) is 1.72. The summed E-state index contributed by atoms with van der Waals surface area (Å²) in [7, 11) is 0. The Morgan fingerprint density at radius 3 is 3.00 bits per heavy atom. The molecule has 0 saturated heterocycles. The molecule has 0 radical (unpaired) electrons. The lowest BCUT2D eigenvalue weighted by Gasteiger charge is -2.14. The Kier molecular flexibility index (Phi) is 4.25. The predicted molar refractivity (Wildman–Crippen MR) is 70.0 cm³/mol. The fourth-order valence-electron chi connectivity index (χ4n) is 1.72. The van der Waals surface area contributed by atoms with Gasteiger partial charge in [-0.1, -0.05) is 0 Å². The standard InChI is InChI=1S/C13H16N4O2/c1-10(5-9-18)16-13(19)11-4-2-6-14-12(11)17-8-3-7-15-17/h2-4,6-8,10,18H,5,9H2,1H3,(H,16,19). The minimum Gasteiger partial charge on any atom is -0.396 e. The van der Waals surface area contributed by atoms with Crippen LogP contribution in [0.5, 0.6) is 0 Å². The molecule has 0 saturated carbocycles. The van der Waals surface area contributed by atoms with Crippen molar-refractivity contribution in [2.45, 2.75) is 19.4 Å². The zero-order chi connectivity index (χ0) is 13.7. The van der Waals surface area contributed by atoms with Gasteiger partial charge in [0.2, 0.25) is 0 Å². The first kappa shape index (κ1) is 13.2. The normalized spacial score (nSPS) is 12.1. The van der Waals surface area contributed by atoms with Gasteiger partial charge in [0.15, 0.2) is 5.82 Å². The average molecular weight is 260 g/mol. The zero-order valence-electron chi connectivity index (χ0n) is 10.7. The number of pyridine rings is 1. The molecule has 6 nitrogen and oxygen atoms in total. The van der Waals surface area contributed by atoms with Crippen molar-refractivity contribution in [1.82, 2.24) is 20.1 Å². The predicted octanol–water partition coefficient (Wildman–Crippen LogP) is 0.768. The van der Waals surface area contributed by atoms with Crippen molar-refractivity contribution < 1.29 is 9.90 Å². The highest BCUT2D eigenvalue weighted by molar-refractivity contribution is 5.97. The molecular weight excluding hydrogens is 244 g/mol. The monoisotopic (exact) mass is 260 g/mol.